The van der Waals surface area contributed by atoms with Crippen LogP contribution in [0.2, 0.25) is 0 Å². The lowest BCUT2D eigenvalue weighted by Crippen LogP contribution is -2.40. The van der Waals surface area contributed by atoms with Crippen LogP contribution in [0.15, 0.2) is 4.52 Å². The second-order valence-corrected chi connectivity index (χ2v) is 7.02. The van der Waals surface area contributed by atoms with Gasteiger partial charge in [-0.2, -0.15) is 4.98 Å². The van der Waals surface area contributed by atoms with Gasteiger partial charge in [0.15, 0.2) is 5.82 Å². The van der Waals surface area contributed by atoms with Gasteiger partial charge in [0.1, 0.15) is 0 Å². The molecule has 1 atom stereocenters. The van der Waals surface area contributed by atoms with E-state index in [9.17, 15) is 0 Å². The van der Waals surface area contributed by atoms with E-state index in [0.717, 1.165) is 49.7 Å². The molecule has 1 N–H and O–H groups in total. The Kier molecular flexibility index (Phi) is 4.91. The average molecular weight is 292 g/mol. The molecule has 3 heterocycles. The molecule has 1 aromatic heterocycles. The molecule has 0 aliphatic carbocycles. The monoisotopic (exact) mass is 292 g/mol. The van der Waals surface area contributed by atoms with Crippen LogP contribution in [0.25, 0.3) is 0 Å². The molecule has 3 rings (SSSR count). The lowest BCUT2D eigenvalue weighted by atomic mass is 9.88. The Morgan fingerprint density at radius 1 is 1.29 bits per heavy atom. The molecular formula is C16H28N4O. The molecule has 1 aromatic rings. The maximum Gasteiger partial charge on any atom is 0.226 e. The summed E-state index contributed by atoms with van der Waals surface area (Å²) in [7, 11) is 0. The minimum Gasteiger partial charge on any atom is -0.339 e. The summed E-state index contributed by atoms with van der Waals surface area (Å²) in [6, 6.07) is 0.773. The van der Waals surface area contributed by atoms with Crippen molar-refractivity contribution in [2.75, 3.05) is 19.6 Å². The molecular weight excluding hydrogens is 264 g/mol. The molecule has 0 spiro atoms. The van der Waals surface area contributed by atoms with Crippen molar-refractivity contribution in [3.05, 3.63) is 11.7 Å². The van der Waals surface area contributed by atoms with Crippen LogP contribution in [0, 0.1) is 11.8 Å². The van der Waals surface area contributed by atoms with Crippen LogP contribution in [0.3, 0.4) is 0 Å². The van der Waals surface area contributed by atoms with E-state index in [1.54, 1.807) is 0 Å². The highest BCUT2D eigenvalue weighted by Crippen LogP contribution is 2.26. The van der Waals surface area contributed by atoms with Gasteiger partial charge in [0.05, 0.1) is 6.54 Å². The summed E-state index contributed by atoms with van der Waals surface area (Å²) in [5.41, 5.74) is 0. The molecule has 2 aliphatic rings. The quantitative estimate of drug-likeness (QED) is 0.902. The fraction of sp³-hybridized carbons (Fsp3) is 0.875. The van der Waals surface area contributed by atoms with Crippen molar-refractivity contribution in [1.82, 2.24) is 20.4 Å². The molecule has 0 bridgehead atoms. The van der Waals surface area contributed by atoms with Crippen LogP contribution >= 0.6 is 0 Å². The average Bonchev–Trinajstić information content (AvgIpc) is 3.11. The molecule has 1 unspecified atom stereocenters. The largest absolute Gasteiger partial charge is 0.339 e. The first-order chi connectivity index (χ1) is 10.2. The zero-order valence-electron chi connectivity index (χ0n) is 13.3. The molecule has 5 heteroatoms. The fourth-order valence-corrected chi connectivity index (χ4v) is 3.61. The van der Waals surface area contributed by atoms with Crippen molar-refractivity contribution in [2.45, 2.75) is 58.5 Å². The third-order valence-corrected chi connectivity index (χ3v) is 4.76. The van der Waals surface area contributed by atoms with Gasteiger partial charge >= 0.3 is 0 Å². The Hall–Kier alpha value is -0.940. The molecule has 118 valence electrons. The van der Waals surface area contributed by atoms with Gasteiger partial charge in [-0.15, -0.1) is 0 Å². The molecule has 0 saturated carbocycles. The summed E-state index contributed by atoms with van der Waals surface area (Å²) in [4.78, 5) is 6.98. The van der Waals surface area contributed by atoms with E-state index in [1.165, 1.54) is 32.2 Å². The number of rotatable bonds is 5. The first kappa shape index (κ1) is 15.0. The molecule has 0 aromatic carbocycles. The second kappa shape index (κ2) is 6.88. The van der Waals surface area contributed by atoms with E-state index in [2.05, 4.69) is 34.2 Å². The third kappa shape index (κ3) is 4.04. The summed E-state index contributed by atoms with van der Waals surface area (Å²) in [6.45, 7) is 8.73. The van der Waals surface area contributed by atoms with Crippen LogP contribution in [0.5, 0.6) is 0 Å². The summed E-state index contributed by atoms with van der Waals surface area (Å²) in [6.07, 6.45) is 6.20. The summed E-state index contributed by atoms with van der Waals surface area (Å²) in [5, 5.41) is 7.77. The number of hydrogen-bond acceptors (Lipinski definition) is 5. The number of nitrogens with zero attached hydrogens (tertiary/aromatic N) is 3. The van der Waals surface area contributed by atoms with E-state index >= 15 is 0 Å². The standard InChI is InChI=1S/C16H28N4O/c1-12(2)10-16-18-15(19-21-16)11-20-8-5-13(6-9-20)14-4-3-7-17-14/h12-14,17H,3-11H2,1-2H3. The molecule has 2 aliphatic heterocycles. The van der Waals surface area contributed by atoms with Crippen molar-refractivity contribution in [2.24, 2.45) is 11.8 Å². The topological polar surface area (TPSA) is 54.2 Å². The molecule has 21 heavy (non-hydrogen) atoms. The Bertz CT molecular complexity index is 431. The fourth-order valence-electron chi connectivity index (χ4n) is 3.61. The Morgan fingerprint density at radius 2 is 2.10 bits per heavy atom. The number of nitrogens with one attached hydrogen (secondary N) is 1. The van der Waals surface area contributed by atoms with E-state index < -0.39 is 0 Å². The van der Waals surface area contributed by atoms with Crippen molar-refractivity contribution in [3.8, 4) is 0 Å². The van der Waals surface area contributed by atoms with Crippen LogP contribution in [-0.2, 0) is 13.0 Å². The minimum absolute atomic E-state index is 0.563. The highest BCUT2D eigenvalue weighted by molar-refractivity contribution is 4.90. The van der Waals surface area contributed by atoms with Crippen molar-refractivity contribution in [3.63, 3.8) is 0 Å². The summed E-state index contributed by atoms with van der Waals surface area (Å²) in [5.74, 6) is 3.06. The first-order valence-electron chi connectivity index (χ1n) is 8.48. The van der Waals surface area contributed by atoms with Gasteiger partial charge in [-0.3, -0.25) is 4.90 Å². The molecule has 2 saturated heterocycles. The number of aromatic nitrogens is 2. The maximum atomic E-state index is 5.32. The summed E-state index contributed by atoms with van der Waals surface area (Å²) < 4.78 is 5.32. The van der Waals surface area contributed by atoms with Gasteiger partial charge in [-0.1, -0.05) is 19.0 Å². The van der Waals surface area contributed by atoms with E-state index in [0.29, 0.717) is 5.92 Å². The highest BCUT2D eigenvalue weighted by atomic mass is 16.5. The Balaban J connectivity index is 1.45. The second-order valence-electron chi connectivity index (χ2n) is 7.02. The molecule has 2 fully saturated rings. The lowest BCUT2D eigenvalue weighted by molar-refractivity contribution is 0.153. The maximum absolute atomic E-state index is 5.32. The Morgan fingerprint density at radius 3 is 2.76 bits per heavy atom. The smallest absolute Gasteiger partial charge is 0.226 e. The van der Waals surface area contributed by atoms with Gasteiger partial charge in [0.2, 0.25) is 5.89 Å². The highest BCUT2D eigenvalue weighted by Gasteiger charge is 2.28. The van der Waals surface area contributed by atoms with E-state index in [4.69, 9.17) is 4.52 Å². The first-order valence-corrected chi connectivity index (χ1v) is 8.48. The predicted octanol–water partition coefficient (Wildman–Crippen LogP) is 2.23. The van der Waals surface area contributed by atoms with Crippen molar-refractivity contribution >= 4 is 0 Å². The van der Waals surface area contributed by atoms with E-state index in [-0.39, 0.29) is 0 Å². The zero-order valence-corrected chi connectivity index (χ0v) is 13.3. The van der Waals surface area contributed by atoms with Crippen molar-refractivity contribution in [1.29, 1.82) is 0 Å². The predicted molar refractivity (Wildman–Crippen MR) is 81.9 cm³/mol. The van der Waals surface area contributed by atoms with Gasteiger partial charge in [0, 0.05) is 12.5 Å². The zero-order chi connectivity index (χ0) is 14.7. The minimum atomic E-state index is 0.563. The number of likely N-dealkylation sites (tertiary alicyclic amines) is 1. The molecule has 0 amide bonds. The normalized spacial score (nSPS) is 25.0. The van der Waals surface area contributed by atoms with Gasteiger partial charge in [0.25, 0.3) is 0 Å². The number of hydrogen-bond donors (Lipinski definition) is 1. The van der Waals surface area contributed by atoms with Gasteiger partial charge < -0.3 is 9.84 Å². The molecule has 5 nitrogen and oxygen atoms in total. The van der Waals surface area contributed by atoms with Crippen molar-refractivity contribution < 1.29 is 4.52 Å². The number of piperidine rings is 1. The SMILES string of the molecule is CC(C)Cc1nc(CN2CCC(C3CCCN3)CC2)no1. The van der Waals surface area contributed by atoms with Gasteiger partial charge in [-0.05, 0) is 57.2 Å². The van der Waals surface area contributed by atoms with E-state index in [1.807, 2.05) is 0 Å². The Labute approximate surface area is 127 Å². The summed E-state index contributed by atoms with van der Waals surface area (Å²) >= 11 is 0. The van der Waals surface area contributed by atoms with Crippen LogP contribution < -0.4 is 5.32 Å². The lowest BCUT2D eigenvalue weighted by Gasteiger charge is -2.34. The van der Waals surface area contributed by atoms with Crippen LogP contribution in [0.1, 0.15) is 51.2 Å². The van der Waals surface area contributed by atoms with Crippen LogP contribution in [-0.4, -0.2) is 40.7 Å². The molecule has 0 radical (unpaired) electrons. The van der Waals surface area contributed by atoms with Crippen LogP contribution in [0.4, 0.5) is 0 Å². The van der Waals surface area contributed by atoms with Gasteiger partial charge in [-0.25, -0.2) is 0 Å². The third-order valence-electron chi connectivity index (χ3n) is 4.76.